The molecule has 19 heavy (non-hydrogen) atoms. The molecular formula is C18H28O. The van der Waals surface area contributed by atoms with Crippen LogP contribution in [0.4, 0.5) is 0 Å². The minimum absolute atomic E-state index is 0.250. The van der Waals surface area contributed by atoms with Crippen molar-refractivity contribution < 1.29 is 4.74 Å². The van der Waals surface area contributed by atoms with Gasteiger partial charge in [-0.25, -0.2) is 0 Å². The topological polar surface area (TPSA) is 9.23 Å². The lowest BCUT2D eigenvalue weighted by Crippen LogP contribution is -2.29. The summed E-state index contributed by atoms with van der Waals surface area (Å²) in [5.41, 5.74) is 1.24. The predicted molar refractivity (Wildman–Crippen MR) is 83.0 cm³/mol. The second-order valence-electron chi connectivity index (χ2n) is 5.96. The maximum absolute atomic E-state index is 6.17. The van der Waals surface area contributed by atoms with Crippen LogP contribution >= 0.6 is 0 Å². The Morgan fingerprint density at radius 3 is 2.26 bits per heavy atom. The second kappa shape index (κ2) is 8.16. The third-order valence-electron chi connectivity index (χ3n) is 3.58. The fraction of sp³-hybridized carbons (Fsp3) is 0.556. The summed E-state index contributed by atoms with van der Waals surface area (Å²) in [4.78, 5) is 0. The smallest absolute Gasteiger partial charge is 0.0721 e. The molecular weight excluding hydrogens is 232 g/mol. The Kier molecular flexibility index (Phi) is 6.86. The third-order valence-corrected chi connectivity index (χ3v) is 3.58. The van der Waals surface area contributed by atoms with Crippen LogP contribution < -0.4 is 0 Å². The van der Waals surface area contributed by atoms with Crippen LogP contribution in [0.2, 0.25) is 0 Å². The molecule has 0 aliphatic heterocycles. The zero-order valence-electron chi connectivity index (χ0n) is 12.8. The van der Waals surface area contributed by atoms with Gasteiger partial charge in [-0.2, -0.15) is 0 Å². The summed E-state index contributed by atoms with van der Waals surface area (Å²) in [6.07, 6.45) is 3.45. The van der Waals surface area contributed by atoms with E-state index in [2.05, 4.69) is 58.5 Å². The first kappa shape index (κ1) is 16.0. The van der Waals surface area contributed by atoms with E-state index in [1.165, 1.54) is 12.0 Å². The Balaban J connectivity index is 2.61. The van der Waals surface area contributed by atoms with Crippen LogP contribution in [0.1, 0.15) is 39.7 Å². The van der Waals surface area contributed by atoms with E-state index < -0.39 is 0 Å². The van der Waals surface area contributed by atoms with E-state index >= 15 is 0 Å². The van der Waals surface area contributed by atoms with Crippen molar-refractivity contribution in [2.75, 3.05) is 0 Å². The zero-order chi connectivity index (χ0) is 14.3. The molecule has 1 nitrogen and oxygen atoms in total. The largest absolute Gasteiger partial charge is 0.373 e. The molecule has 1 rings (SSSR count). The Hall–Kier alpha value is -1.08. The number of rotatable bonds is 8. The molecule has 0 spiro atoms. The van der Waals surface area contributed by atoms with Crippen molar-refractivity contribution in [1.82, 2.24) is 0 Å². The second-order valence-corrected chi connectivity index (χ2v) is 5.96. The van der Waals surface area contributed by atoms with Crippen molar-refractivity contribution in [2.24, 2.45) is 17.8 Å². The van der Waals surface area contributed by atoms with Gasteiger partial charge in [-0.3, -0.25) is 0 Å². The van der Waals surface area contributed by atoms with Crippen LogP contribution in [0.15, 0.2) is 43.0 Å². The van der Waals surface area contributed by atoms with Gasteiger partial charge in [0.2, 0.25) is 0 Å². The number of ether oxygens (including phenoxy) is 1. The van der Waals surface area contributed by atoms with E-state index in [-0.39, 0.29) is 6.10 Å². The molecule has 0 unspecified atom stereocenters. The monoisotopic (exact) mass is 260 g/mol. The van der Waals surface area contributed by atoms with Crippen molar-refractivity contribution in [2.45, 2.75) is 46.8 Å². The molecule has 106 valence electrons. The van der Waals surface area contributed by atoms with Gasteiger partial charge in [0.25, 0.3) is 0 Å². The van der Waals surface area contributed by atoms with Gasteiger partial charge in [-0.05, 0) is 23.8 Å². The minimum Gasteiger partial charge on any atom is -0.373 e. The minimum atomic E-state index is 0.250. The van der Waals surface area contributed by atoms with Crippen LogP contribution in [0.25, 0.3) is 0 Å². The lowest BCUT2D eigenvalue weighted by molar-refractivity contribution is -0.0215. The normalized spacial score (nSPS) is 16.1. The molecule has 3 atom stereocenters. The first-order chi connectivity index (χ1) is 9.04. The van der Waals surface area contributed by atoms with Gasteiger partial charge in [-0.1, -0.05) is 64.1 Å². The first-order valence-corrected chi connectivity index (χ1v) is 7.32. The molecule has 0 heterocycles. The Bertz CT molecular complexity index is 355. The molecule has 1 heteroatoms. The average molecular weight is 260 g/mol. The molecule has 0 bridgehead atoms. The molecule has 1 aromatic carbocycles. The quantitative estimate of drug-likeness (QED) is 0.592. The van der Waals surface area contributed by atoms with Gasteiger partial charge in [0, 0.05) is 5.92 Å². The van der Waals surface area contributed by atoms with Crippen molar-refractivity contribution in [3.63, 3.8) is 0 Å². The summed E-state index contributed by atoms with van der Waals surface area (Å²) in [6, 6.07) is 10.4. The third kappa shape index (κ3) is 5.61. The van der Waals surface area contributed by atoms with E-state index in [9.17, 15) is 0 Å². The van der Waals surface area contributed by atoms with Gasteiger partial charge < -0.3 is 4.74 Å². The number of hydrogen-bond acceptors (Lipinski definition) is 1. The van der Waals surface area contributed by atoms with Crippen molar-refractivity contribution >= 4 is 0 Å². The molecule has 1 aromatic rings. The van der Waals surface area contributed by atoms with Crippen molar-refractivity contribution in [1.29, 1.82) is 0 Å². The molecule has 0 fully saturated rings. The standard InChI is InChI=1S/C18H28O/c1-6-15(4)18(16(5)12-14(2)3)19-13-17-10-8-7-9-11-17/h6-11,14-16,18H,1,12-13H2,2-5H3/t15-,16-,18-/m0/s1. The van der Waals surface area contributed by atoms with Crippen LogP contribution in [0, 0.1) is 17.8 Å². The van der Waals surface area contributed by atoms with Crippen LogP contribution in [-0.4, -0.2) is 6.10 Å². The Morgan fingerprint density at radius 2 is 1.74 bits per heavy atom. The van der Waals surface area contributed by atoms with E-state index in [0.29, 0.717) is 24.4 Å². The number of benzene rings is 1. The summed E-state index contributed by atoms with van der Waals surface area (Å²) in [5, 5.41) is 0. The summed E-state index contributed by atoms with van der Waals surface area (Å²) in [6.45, 7) is 13.6. The highest BCUT2D eigenvalue weighted by molar-refractivity contribution is 5.13. The summed E-state index contributed by atoms with van der Waals surface area (Å²) in [5.74, 6) is 1.64. The fourth-order valence-corrected chi connectivity index (χ4v) is 2.61. The van der Waals surface area contributed by atoms with E-state index in [1.807, 2.05) is 12.1 Å². The van der Waals surface area contributed by atoms with Crippen LogP contribution in [0.5, 0.6) is 0 Å². The lowest BCUT2D eigenvalue weighted by atomic mass is 9.87. The highest BCUT2D eigenvalue weighted by Crippen LogP contribution is 2.25. The average Bonchev–Trinajstić information content (AvgIpc) is 2.39. The predicted octanol–water partition coefficient (Wildman–Crippen LogP) is 5.08. The molecule has 0 aliphatic rings. The van der Waals surface area contributed by atoms with E-state index in [4.69, 9.17) is 4.74 Å². The van der Waals surface area contributed by atoms with Gasteiger partial charge in [0.1, 0.15) is 0 Å². The van der Waals surface area contributed by atoms with Gasteiger partial charge in [-0.15, -0.1) is 6.58 Å². The van der Waals surface area contributed by atoms with Gasteiger partial charge in [0.15, 0.2) is 0 Å². The molecule has 0 saturated heterocycles. The number of hydrogen-bond donors (Lipinski definition) is 0. The molecule has 0 saturated carbocycles. The molecule has 0 aromatic heterocycles. The Labute approximate surface area is 118 Å². The summed E-state index contributed by atoms with van der Waals surface area (Å²) >= 11 is 0. The van der Waals surface area contributed by atoms with E-state index in [1.54, 1.807) is 0 Å². The highest BCUT2D eigenvalue weighted by atomic mass is 16.5. The van der Waals surface area contributed by atoms with Crippen LogP contribution in [0.3, 0.4) is 0 Å². The SMILES string of the molecule is C=C[C@H](C)[C@H](OCc1ccccc1)[C@@H](C)CC(C)C. The zero-order valence-corrected chi connectivity index (χ0v) is 12.8. The van der Waals surface area contributed by atoms with Gasteiger partial charge in [0.05, 0.1) is 12.7 Å². The maximum Gasteiger partial charge on any atom is 0.0721 e. The summed E-state index contributed by atoms with van der Waals surface area (Å²) in [7, 11) is 0. The summed E-state index contributed by atoms with van der Waals surface area (Å²) < 4.78 is 6.17. The fourth-order valence-electron chi connectivity index (χ4n) is 2.61. The molecule has 0 amide bonds. The van der Waals surface area contributed by atoms with E-state index in [0.717, 1.165) is 0 Å². The molecule has 0 radical (unpaired) electrons. The lowest BCUT2D eigenvalue weighted by Gasteiger charge is -2.29. The van der Waals surface area contributed by atoms with Crippen molar-refractivity contribution in [3.05, 3.63) is 48.6 Å². The Morgan fingerprint density at radius 1 is 1.11 bits per heavy atom. The highest BCUT2D eigenvalue weighted by Gasteiger charge is 2.23. The van der Waals surface area contributed by atoms with Crippen LogP contribution in [-0.2, 0) is 11.3 Å². The van der Waals surface area contributed by atoms with Crippen molar-refractivity contribution in [3.8, 4) is 0 Å². The first-order valence-electron chi connectivity index (χ1n) is 7.32. The molecule has 0 aliphatic carbocycles. The van der Waals surface area contributed by atoms with Gasteiger partial charge >= 0.3 is 0 Å². The molecule has 0 N–H and O–H groups in total. The maximum atomic E-state index is 6.17.